The Morgan fingerprint density at radius 1 is 1.33 bits per heavy atom. The highest BCUT2D eigenvalue weighted by atomic mass is 32.1. The van der Waals surface area contributed by atoms with Gasteiger partial charge >= 0.3 is 5.97 Å². The van der Waals surface area contributed by atoms with Gasteiger partial charge in [0.15, 0.2) is 23.2 Å². The minimum Gasteiger partial charge on any atom is -0.464 e. The van der Waals surface area contributed by atoms with Crippen molar-refractivity contribution < 1.29 is 27.5 Å². The topological polar surface area (TPSA) is 55.7 Å². The van der Waals surface area contributed by atoms with Gasteiger partial charge in [0, 0.05) is 11.1 Å². The van der Waals surface area contributed by atoms with Gasteiger partial charge in [0.2, 0.25) is 4.75 Å². The van der Waals surface area contributed by atoms with Gasteiger partial charge in [-0.3, -0.25) is 9.79 Å². The number of rotatable bonds is 2. The lowest BCUT2D eigenvalue weighted by Crippen LogP contribution is -2.63. The quantitative estimate of drug-likeness (QED) is 0.362. The summed E-state index contributed by atoms with van der Waals surface area (Å²) in [6.45, 7) is 3.02. The Hall–Kier alpha value is -1.48. The van der Waals surface area contributed by atoms with Gasteiger partial charge in [-0.05, 0) is 19.9 Å². The van der Waals surface area contributed by atoms with E-state index in [4.69, 9.17) is 4.74 Å². The lowest BCUT2D eigenvalue weighted by molar-refractivity contribution is -0.142. The number of carbonyl (C=O) groups is 2. The van der Waals surface area contributed by atoms with Crippen LogP contribution < -0.4 is 0 Å². The Bertz CT molecular complexity index is 825. The summed E-state index contributed by atoms with van der Waals surface area (Å²) in [4.78, 5) is 27.9. The normalized spacial score (nSPS) is 30.9. The van der Waals surface area contributed by atoms with E-state index in [1.165, 1.54) is 13.8 Å². The monoisotopic (exact) mass is 375 g/mol. The molecule has 1 aromatic rings. The van der Waals surface area contributed by atoms with Crippen molar-refractivity contribution in [1.82, 2.24) is 0 Å². The number of esters is 1. The minimum atomic E-state index is -2.12. The molecule has 3 rings (SSSR count). The molecule has 3 atom stereocenters. The van der Waals surface area contributed by atoms with Crippen molar-refractivity contribution >= 4 is 42.7 Å². The molecule has 128 valence electrons. The fraction of sp³-hybridized carbons (Fsp3) is 0.400. The summed E-state index contributed by atoms with van der Waals surface area (Å²) in [7, 11) is 0. The van der Waals surface area contributed by atoms with Crippen molar-refractivity contribution in [1.29, 1.82) is 0 Å². The predicted molar refractivity (Wildman–Crippen MR) is 86.6 cm³/mol. The molecule has 0 radical (unpaired) electrons. The number of ketones is 1. The Morgan fingerprint density at radius 2 is 1.96 bits per heavy atom. The molecule has 0 aromatic heterocycles. The number of ether oxygens (including phenoxy) is 1. The van der Waals surface area contributed by atoms with E-state index in [1.807, 2.05) is 0 Å². The number of nitrogens with zero attached hydrogens (tertiary/aromatic N) is 1. The molecule has 1 aromatic carbocycles. The lowest BCUT2D eigenvalue weighted by Gasteiger charge is -2.49. The maximum atomic E-state index is 14.3. The van der Waals surface area contributed by atoms with Gasteiger partial charge in [-0.1, -0.05) is 0 Å². The third kappa shape index (κ3) is 2.00. The van der Waals surface area contributed by atoms with Crippen LogP contribution in [-0.2, 0) is 9.53 Å². The first-order chi connectivity index (χ1) is 11.1. The summed E-state index contributed by atoms with van der Waals surface area (Å²) in [5.41, 5.74) is -0.905. The average Bonchev–Trinajstić information content (AvgIpc) is 2.50. The fourth-order valence-corrected chi connectivity index (χ4v) is 3.81. The van der Waals surface area contributed by atoms with Gasteiger partial charge in [-0.25, -0.2) is 18.0 Å². The summed E-state index contributed by atoms with van der Waals surface area (Å²) in [5, 5.41) is 0. The molecule has 1 aliphatic carbocycles. The molecule has 3 unspecified atom stereocenters. The van der Waals surface area contributed by atoms with Crippen LogP contribution in [-0.4, -0.2) is 33.7 Å². The number of aliphatic imine (C=N–C) groups is 1. The van der Waals surface area contributed by atoms with Gasteiger partial charge in [-0.2, -0.15) is 0 Å². The third-order valence-corrected chi connectivity index (χ3v) is 5.14. The first-order valence-electron chi connectivity index (χ1n) is 7.01. The number of hydrogen-bond donors (Lipinski definition) is 2. The maximum Gasteiger partial charge on any atom is 0.335 e. The molecule has 24 heavy (non-hydrogen) atoms. The lowest BCUT2D eigenvalue weighted by atomic mass is 9.67. The highest BCUT2D eigenvalue weighted by molar-refractivity contribution is 7.85. The Balaban J connectivity index is 2.32. The summed E-state index contributed by atoms with van der Waals surface area (Å²) >= 11 is 8.40. The SMILES string of the molecule is CCOC(=O)C1(S)C(=O)c2cc(F)c(F)c(F)c2C2C1=NC2(C)S. The zero-order valence-corrected chi connectivity index (χ0v) is 14.4. The number of benzene rings is 1. The number of carbonyl (C=O) groups excluding carboxylic acids is 2. The highest BCUT2D eigenvalue weighted by Crippen LogP contribution is 2.54. The highest BCUT2D eigenvalue weighted by Gasteiger charge is 2.64. The molecular weight excluding hydrogens is 363 g/mol. The summed E-state index contributed by atoms with van der Waals surface area (Å²) in [5.74, 6) is -7.72. The van der Waals surface area contributed by atoms with Crippen LogP contribution in [0.1, 0.15) is 35.7 Å². The van der Waals surface area contributed by atoms with Crippen molar-refractivity contribution in [3.05, 3.63) is 34.6 Å². The smallest absolute Gasteiger partial charge is 0.335 e. The second-order valence-electron chi connectivity index (χ2n) is 5.73. The summed E-state index contributed by atoms with van der Waals surface area (Å²) in [6, 6.07) is 0.569. The molecule has 1 aliphatic heterocycles. The summed E-state index contributed by atoms with van der Waals surface area (Å²) in [6.07, 6.45) is 0. The molecule has 2 aliphatic rings. The molecule has 0 saturated carbocycles. The molecular formula is C15H12F3NO3S2. The molecule has 4 nitrogen and oxygen atoms in total. The zero-order chi connectivity index (χ0) is 18.0. The molecule has 0 N–H and O–H groups in total. The number of Topliss-reactive ketones (excluding diaryl/α,β-unsaturated/α-hetero) is 1. The van der Waals surface area contributed by atoms with E-state index >= 15 is 0 Å². The molecule has 0 saturated heterocycles. The van der Waals surface area contributed by atoms with E-state index in [9.17, 15) is 22.8 Å². The van der Waals surface area contributed by atoms with Gasteiger partial charge in [0.1, 0.15) is 4.87 Å². The van der Waals surface area contributed by atoms with Crippen molar-refractivity contribution in [3.8, 4) is 0 Å². The van der Waals surface area contributed by atoms with Crippen LogP contribution in [0.4, 0.5) is 13.2 Å². The number of halogens is 3. The Labute approximate surface area is 146 Å². The Kier molecular flexibility index (Phi) is 3.80. The third-order valence-electron chi connectivity index (χ3n) is 4.17. The molecule has 9 heteroatoms. The van der Waals surface area contributed by atoms with Crippen LogP contribution in [0.15, 0.2) is 11.1 Å². The van der Waals surface area contributed by atoms with E-state index in [-0.39, 0.29) is 17.9 Å². The average molecular weight is 375 g/mol. The predicted octanol–water partition coefficient (Wildman–Crippen LogP) is 2.72. The van der Waals surface area contributed by atoms with Crippen LogP contribution in [0, 0.1) is 17.5 Å². The van der Waals surface area contributed by atoms with E-state index in [2.05, 4.69) is 30.2 Å². The molecule has 1 heterocycles. The van der Waals surface area contributed by atoms with Crippen LogP contribution in [0.5, 0.6) is 0 Å². The first kappa shape index (κ1) is 17.3. The molecule has 0 spiro atoms. The number of fused-ring (bicyclic) bond motifs is 3. The molecule has 0 fully saturated rings. The van der Waals surface area contributed by atoms with Gasteiger partial charge < -0.3 is 4.74 Å². The van der Waals surface area contributed by atoms with E-state index < -0.39 is 50.3 Å². The van der Waals surface area contributed by atoms with Crippen LogP contribution in [0.2, 0.25) is 0 Å². The second kappa shape index (κ2) is 5.26. The minimum absolute atomic E-state index is 0.0243. The van der Waals surface area contributed by atoms with Crippen LogP contribution in [0.25, 0.3) is 0 Å². The van der Waals surface area contributed by atoms with E-state index in [0.29, 0.717) is 6.07 Å². The standard InChI is InChI=1S/C15H12F3NO3S2/c1-3-22-13(21)15(24)11-8(14(2,23)19-11)7-5(12(15)20)4-6(16)9(17)10(7)18/h4,8,23-24H,3H2,1-2H3. The maximum absolute atomic E-state index is 14.3. The fourth-order valence-electron chi connectivity index (χ4n) is 3.09. The van der Waals surface area contributed by atoms with Crippen molar-refractivity contribution in [2.75, 3.05) is 6.61 Å². The van der Waals surface area contributed by atoms with E-state index in [1.54, 1.807) is 0 Å². The zero-order valence-electron chi connectivity index (χ0n) is 12.6. The van der Waals surface area contributed by atoms with Crippen molar-refractivity contribution in [2.45, 2.75) is 29.4 Å². The van der Waals surface area contributed by atoms with E-state index in [0.717, 1.165) is 0 Å². The number of hydrogen-bond acceptors (Lipinski definition) is 6. The van der Waals surface area contributed by atoms with Gasteiger partial charge in [0.25, 0.3) is 0 Å². The molecule has 0 bridgehead atoms. The van der Waals surface area contributed by atoms with Gasteiger partial charge in [-0.15, -0.1) is 25.3 Å². The largest absolute Gasteiger partial charge is 0.464 e. The second-order valence-corrected chi connectivity index (χ2v) is 7.31. The van der Waals surface area contributed by atoms with Crippen molar-refractivity contribution in [2.24, 2.45) is 4.99 Å². The molecule has 0 amide bonds. The number of thiol groups is 2. The summed E-state index contributed by atoms with van der Waals surface area (Å²) < 4.78 is 44.4. The Morgan fingerprint density at radius 3 is 2.50 bits per heavy atom. The van der Waals surface area contributed by atoms with Crippen LogP contribution in [0.3, 0.4) is 0 Å². The van der Waals surface area contributed by atoms with Crippen molar-refractivity contribution in [3.63, 3.8) is 0 Å². The first-order valence-corrected chi connectivity index (χ1v) is 7.91. The van der Waals surface area contributed by atoms with Gasteiger partial charge in [0.05, 0.1) is 18.2 Å². The van der Waals surface area contributed by atoms with Crippen LogP contribution >= 0.6 is 25.3 Å².